The number of Topliss-reactive ketones (excluding diaryl/α,β-unsaturated/α-hetero) is 2. The van der Waals surface area contributed by atoms with Gasteiger partial charge in [0.2, 0.25) is 0 Å². The van der Waals surface area contributed by atoms with Crippen LogP contribution in [0.1, 0.15) is 77.0 Å². The Morgan fingerprint density at radius 2 is 1.61 bits per heavy atom. The molecule has 0 aliphatic heterocycles. The van der Waals surface area contributed by atoms with Crippen molar-refractivity contribution < 1.29 is 24.6 Å². The third kappa shape index (κ3) is 3.75. The number of carboxylic acid groups (broad SMARTS) is 1. The molecular formula is C25H32N4O7. The molecule has 194 valence electrons. The second-order valence-corrected chi connectivity index (χ2v) is 10.9. The van der Waals surface area contributed by atoms with Gasteiger partial charge >= 0.3 is 11.7 Å². The SMILES string of the molecule is CCCn1c(=O)c2[nH]c(C34CCC(C(=O)O)(CC3)CC4)nc2n(CCC2CC(=O)C(O)C(=O)C2)c1=O. The highest BCUT2D eigenvalue weighted by Gasteiger charge is 2.54. The number of carbonyl (C=O) groups excluding carboxylic acids is 2. The average molecular weight is 501 g/mol. The predicted molar refractivity (Wildman–Crippen MR) is 128 cm³/mol. The van der Waals surface area contributed by atoms with Crippen LogP contribution in [0.4, 0.5) is 0 Å². The molecule has 6 rings (SSSR count). The van der Waals surface area contributed by atoms with Crippen molar-refractivity contribution in [2.45, 2.75) is 95.7 Å². The summed E-state index contributed by atoms with van der Waals surface area (Å²) in [6, 6.07) is 0. The van der Waals surface area contributed by atoms with Crippen LogP contribution >= 0.6 is 0 Å². The number of aliphatic hydroxyl groups is 1. The van der Waals surface area contributed by atoms with Crippen molar-refractivity contribution in [1.82, 2.24) is 19.1 Å². The molecule has 2 aromatic heterocycles. The summed E-state index contributed by atoms with van der Waals surface area (Å²) in [4.78, 5) is 70.3. The molecule has 0 radical (unpaired) electrons. The van der Waals surface area contributed by atoms with Crippen molar-refractivity contribution >= 4 is 28.7 Å². The molecule has 2 aromatic rings. The summed E-state index contributed by atoms with van der Waals surface area (Å²) in [5.41, 5.74) is -1.42. The van der Waals surface area contributed by atoms with E-state index < -0.39 is 40.3 Å². The lowest BCUT2D eigenvalue weighted by Gasteiger charge is -2.50. The molecular weight excluding hydrogens is 468 g/mol. The highest BCUT2D eigenvalue weighted by Crippen LogP contribution is 2.57. The number of fused-ring (bicyclic) bond motifs is 4. The Hall–Kier alpha value is -3.08. The smallest absolute Gasteiger partial charge is 0.332 e. The quantitative estimate of drug-likeness (QED) is 0.478. The summed E-state index contributed by atoms with van der Waals surface area (Å²) in [5.74, 6) is -1.42. The van der Waals surface area contributed by atoms with E-state index in [1.165, 1.54) is 9.13 Å². The van der Waals surface area contributed by atoms with Crippen LogP contribution in [0.5, 0.6) is 0 Å². The number of H-pyrrole nitrogens is 1. The minimum atomic E-state index is -1.55. The van der Waals surface area contributed by atoms with Crippen LogP contribution in [-0.2, 0) is 32.9 Å². The minimum Gasteiger partial charge on any atom is -0.481 e. The van der Waals surface area contributed by atoms with Crippen molar-refractivity contribution in [2.24, 2.45) is 11.3 Å². The number of aromatic nitrogens is 4. The summed E-state index contributed by atoms with van der Waals surface area (Å²) in [7, 11) is 0. The molecule has 2 bridgehead atoms. The van der Waals surface area contributed by atoms with E-state index in [4.69, 9.17) is 4.98 Å². The van der Waals surface area contributed by atoms with Crippen LogP contribution in [0.2, 0.25) is 0 Å². The van der Waals surface area contributed by atoms with Gasteiger partial charge in [0, 0.05) is 31.3 Å². The van der Waals surface area contributed by atoms with Crippen molar-refractivity contribution in [2.75, 3.05) is 0 Å². The van der Waals surface area contributed by atoms with Gasteiger partial charge in [-0.25, -0.2) is 9.78 Å². The van der Waals surface area contributed by atoms with Crippen LogP contribution in [0.3, 0.4) is 0 Å². The summed E-state index contributed by atoms with van der Waals surface area (Å²) in [6.07, 6.45) is 3.17. The molecule has 4 fully saturated rings. The Bertz CT molecular complexity index is 1320. The second-order valence-electron chi connectivity index (χ2n) is 10.9. The van der Waals surface area contributed by atoms with E-state index >= 15 is 0 Å². The van der Waals surface area contributed by atoms with Crippen LogP contribution in [0, 0.1) is 11.3 Å². The van der Waals surface area contributed by atoms with E-state index in [1.54, 1.807) is 0 Å². The third-order valence-electron chi connectivity index (χ3n) is 8.86. The number of aryl methyl sites for hydroxylation is 1. The third-order valence-corrected chi connectivity index (χ3v) is 8.86. The first kappa shape index (κ1) is 24.6. The van der Waals surface area contributed by atoms with Crippen molar-refractivity contribution in [1.29, 1.82) is 0 Å². The summed E-state index contributed by atoms with van der Waals surface area (Å²) in [6.45, 7) is 2.31. The van der Waals surface area contributed by atoms with Gasteiger partial charge in [-0.15, -0.1) is 0 Å². The normalized spacial score (nSPS) is 30.3. The van der Waals surface area contributed by atoms with Crippen molar-refractivity contribution in [3.63, 3.8) is 0 Å². The van der Waals surface area contributed by atoms with E-state index in [1.807, 2.05) is 6.92 Å². The molecule has 0 aromatic carbocycles. The fourth-order valence-corrected chi connectivity index (χ4v) is 6.46. The summed E-state index contributed by atoms with van der Waals surface area (Å²) < 4.78 is 2.65. The van der Waals surface area contributed by atoms with Gasteiger partial charge < -0.3 is 15.2 Å². The molecule has 36 heavy (non-hydrogen) atoms. The molecule has 4 aliphatic carbocycles. The molecule has 0 spiro atoms. The van der Waals surface area contributed by atoms with Gasteiger partial charge in [-0.2, -0.15) is 0 Å². The predicted octanol–water partition coefficient (Wildman–Crippen LogP) is 1.27. The maximum atomic E-state index is 13.3. The molecule has 2 heterocycles. The monoisotopic (exact) mass is 500 g/mol. The Morgan fingerprint density at radius 1 is 1.00 bits per heavy atom. The number of ketones is 2. The van der Waals surface area contributed by atoms with Gasteiger partial charge in [-0.1, -0.05) is 6.92 Å². The standard InChI is InChI=1S/C25H32N4O7/c1-2-10-29-20(33)17-19(28(23(29)36)11-3-14-12-15(30)18(32)16(31)13-14)27-21(26-17)24-4-7-25(8-5-24,9-6-24)22(34)35/h14,18,32H,2-13H2,1H3,(H,26,27)(H,34,35). The highest BCUT2D eigenvalue weighted by atomic mass is 16.4. The van der Waals surface area contributed by atoms with E-state index in [0.717, 1.165) is 0 Å². The Labute approximate surface area is 206 Å². The first-order valence-electron chi connectivity index (χ1n) is 12.8. The molecule has 3 N–H and O–H groups in total. The molecule has 4 aliphatic rings. The number of carbonyl (C=O) groups is 3. The van der Waals surface area contributed by atoms with E-state index in [0.29, 0.717) is 57.2 Å². The summed E-state index contributed by atoms with van der Waals surface area (Å²) >= 11 is 0. The number of aliphatic carboxylic acids is 1. The van der Waals surface area contributed by atoms with E-state index in [2.05, 4.69) is 4.98 Å². The number of imidazole rings is 1. The van der Waals surface area contributed by atoms with Crippen LogP contribution in [0.25, 0.3) is 11.2 Å². The lowest BCUT2D eigenvalue weighted by atomic mass is 9.53. The van der Waals surface area contributed by atoms with Gasteiger partial charge in [-0.3, -0.25) is 28.3 Å². The van der Waals surface area contributed by atoms with Gasteiger partial charge in [0.05, 0.1) is 5.41 Å². The van der Waals surface area contributed by atoms with Gasteiger partial charge in [0.1, 0.15) is 11.3 Å². The Kier molecular flexibility index (Phi) is 6.01. The Morgan fingerprint density at radius 3 is 2.17 bits per heavy atom. The molecule has 4 saturated carbocycles. The van der Waals surface area contributed by atoms with Crippen LogP contribution in [0.15, 0.2) is 9.59 Å². The Balaban J connectivity index is 1.51. The molecule has 11 heteroatoms. The highest BCUT2D eigenvalue weighted by molar-refractivity contribution is 6.07. The van der Waals surface area contributed by atoms with Gasteiger partial charge in [0.25, 0.3) is 5.56 Å². The molecule has 11 nitrogen and oxygen atoms in total. The van der Waals surface area contributed by atoms with Gasteiger partial charge in [-0.05, 0) is 57.3 Å². The first-order chi connectivity index (χ1) is 17.1. The zero-order chi connectivity index (χ0) is 25.8. The van der Waals surface area contributed by atoms with E-state index in [9.17, 15) is 34.2 Å². The van der Waals surface area contributed by atoms with Crippen molar-refractivity contribution in [3.05, 3.63) is 26.7 Å². The first-order valence-corrected chi connectivity index (χ1v) is 12.8. The molecule has 0 saturated heterocycles. The van der Waals surface area contributed by atoms with Crippen LogP contribution in [-0.4, -0.2) is 53.0 Å². The number of nitrogens with zero attached hydrogens (tertiary/aromatic N) is 3. The fourth-order valence-electron chi connectivity index (χ4n) is 6.46. The number of aliphatic hydroxyl groups excluding tert-OH is 1. The van der Waals surface area contributed by atoms with Crippen molar-refractivity contribution in [3.8, 4) is 0 Å². The number of carboxylic acids is 1. The maximum absolute atomic E-state index is 13.3. The van der Waals surface area contributed by atoms with Crippen LogP contribution < -0.4 is 11.2 Å². The molecule has 0 atom stereocenters. The van der Waals surface area contributed by atoms with Gasteiger partial charge in [0.15, 0.2) is 23.3 Å². The van der Waals surface area contributed by atoms with E-state index in [-0.39, 0.29) is 48.4 Å². The largest absolute Gasteiger partial charge is 0.481 e. The summed E-state index contributed by atoms with van der Waals surface area (Å²) in [5, 5.41) is 19.4. The number of hydrogen-bond acceptors (Lipinski definition) is 7. The number of rotatable bonds is 7. The topological polar surface area (TPSA) is 164 Å². The average Bonchev–Trinajstić information content (AvgIpc) is 3.32. The molecule has 0 amide bonds. The lowest BCUT2D eigenvalue weighted by molar-refractivity contribution is -0.156. The fraction of sp³-hybridized carbons (Fsp3) is 0.680. The zero-order valence-corrected chi connectivity index (χ0v) is 20.4. The second kappa shape index (κ2) is 8.79. The number of nitrogens with one attached hydrogen (secondary N) is 1. The molecule has 0 unspecified atom stereocenters. The number of hydrogen-bond donors (Lipinski definition) is 3. The maximum Gasteiger partial charge on any atom is 0.332 e. The lowest BCUT2D eigenvalue weighted by Crippen LogP contribution is -2.48. The zero-order valence-electron chi connectivity index (χ0n) is 20.4. The minimum absolute atomic E-state index is 0.0691. The number of aromatic amines is 1.